The Morgan fingerprint density at radius 1 is 0.583 bits per heavy atom. The number of fused-ring (bicyclic) bond motifs is 6. The fourth-order valence-electron chi connectivity index (χ4n) is 5.73. The summed E-state index contributed by atoms with van der Waals surface area (Å²) in [6.45, 7) is 0. The van der Waals surface area contributed by atoms with Crippen molar-refractivity contribution >= 4 is 43.6 Å². The van der Waals surface area contributed by atoms with Gasteiger partial charge in [-0.25, -0.2) is 0 Å². The van der Waals surface area contributed by atoms with Crippen LogP contribution in [0.25, 0.3) is 66.8 Å². The largest absolute Gasteiger partial charge is 0.665 e. The van der Waals surface area contributed by atoms with Crippen LogP contribution in [0.1, 0.15) is 0 Å². The number of rotatable bonds is 4. The third-order valence-corrected chi connectivity index (χ3v) is 7.83. The third kappa shape index (κ3) is 5.08. The zero-order valence-electron chi connectivity index (χ0n) is 25.2. The zero-order valence-corrected chi connectivity index (χ0v) is 29.7. The van der Waals surface area contributed by atoms with Gasteiger partial charge in [-0.3, -0.25) is 9.13 Å². The van der Waals surface area contributed by atoms with E-state index in [4.69, 9.17) is 18.8 Å². The molecule has 0 spiro atoms. The molecule has 0 saturated heterocycles. The van der Waals surface area contributed by atoms with Crippen LogP contribution >= 0.6 is 0 Å². The van der Waals surface area contributed by atoms with E-state index in [2.05, 4.69) is 35.3 Å². The minimum atomic E-state index is 0. The number of para-hydroxylation sites is 2. The van der Waals surface area contributed by atoms with Gasteiger partial charge in [0, 0.05) is 79.6 Å². The van der Waals surface area contributed by atoms with Crippen molar-refractivity contribution < 1.29 is 60.1 Å². The van der Waals surface area contributed by atoms with Crippen LogP contribution in [0.4, 0.5) is 0 Å². The predicted molar refractivity (Wildman–Crippen MR) is 165 cm³/mol. The SMILES string of the molecule is C[n+]1[c-]n(-c2occ3c2[n-]c2c(-n4[c-]ncc4)cccc23)cc1.C[n+]1[c-]n(-c2occ3c2[n-]c2c(-n4[c-]ncc4)cccc23)cc1.[Pt].[Pt]. The van der Waals surface area contributed by atoms with E-state index in [1.807, 2.05) is 106 Å². The number of hydrogen-bond donors (Lipinski definition) is 0. The van der Waals surface area contributed by atoms with Crippen LogP contribution in [0.15, 0.2) is 107 Å². The molecular formula is C34H22N10O2Pt2-4. The topological polar surface area (TPSA) is 108 Å². The molecule has 14 heteroatoms. The minimum absolute atomic E-state index is 0. The van der Waals surface area contributed by atoms with Gasteiger partial charge in [0.15, 0.2) is 11.8 Å². The molecule has 0 amide bonds. The van der Waals surface area contributed by atoms with Crippen molar-refractivity contribution in [2.75, 3.05) is 0 Å². The van der Waals surface area contributed by atoms with Crippen molar-refractivity contribution in [2.45, 2.75) is 0 Å². The van der Waals surface area contributed by atoms with Gasteiger partial charge in [0.2, 0.25) is 12.7 Å². The molecule has 48 heavy (non-hydrogen) atoms. The maximum atomic E-state index is 5.72. The molecule has 0 saturated carbocycles. The summed E-state index contributed by atoms with van der Waals surface area (Å²) in [6.07, 6.45) is 30.3. The van der Waals surface area contributed by atoms with Crippen LogP contribution < -0.4 is 19.1 Å². The third-order valence-electron chi connectivity index (χ3n) is 7.83. The Labute approximate surface area is 301 Å². The van der Waals surface area contributed by atoms with Crippen LogP contribution in [0.5, 0.6) is 0 Å². The monoisotopic (exact) mass is 992 g/mol. The molecule has 0 aliphatic carbocycles. The predicted octanol–water partition coefficient (Wildman–Crippen LogP) is 3.88. The second-order valence-corrected chi connectivity index (χ2v) is 10.7. The average molecular weight is 993 g/mol. The van der Waals surface area contributed by atoms with E-state index in [0.29, 0.717) is 11.8 Å². The van der Waals surface area contributed by atoms with Crippen molar-refractivity contribution in [2.24, 2.45) is 14.1 Å². The number of hydrogen-bond acceptors (Lipinski definition) is 4. The quantitative estimate of drug-likeness (QED) is 0.196. The van der Waals surface area contributed by atoms with Crippen molar-refractivity contribution in [3.8, 4) is 23.1 Å². The van der Waals surface area contributed by atoms with Crippen LogP contribution in [0.3, 0.4) is 0 Å². The summed E-state index contributed by atoms with van der Waals surface area (Å²) in [6, 6.07) is 12.1. The first-order valence-electron chi connectivity index (χ1n) is 14.3. The van der Waals surface area contributed by atoms with Crippen molar-refractivity contribution in [3.05, 3.63) is 124 Å². The number of imidazole rings is 4. The summed E-state index contributed by atoms with van der Waals surface area (Å²) in [5.41, 5.74) is 5.34. The summed E-state index contributed by atoms with van der Waals surface area (Å²) in [4.78, 5) is 17.6. The van der Waals surface area contributed by atoms with Crippen LogP contribution in [0.2, 0.25) is 0 Å². The van der Waals surface area contributed by atoms with Gasteiger partial charge in [-0.15, -0.1) is 11.0 Å². The molecule has 0 unspecified atom stereocenters. The van der Waals surface area contributed by atoms with E-state index in [-0.39, 0.29) is 42.1 Å². The molecule has 0 fully saturated rings. The Hall–Kier alpha value is -5.18. The van der Waals surface area contributed by atoms with Gasteiger partial charge in [0.1, 0.15) is 0 Å². The summed E-state index contributed by atoms with van der Waals surface area (Å²) >= 11 is 0. The summed E-state index contributed by atoms with van der Waals surface area (Å²) < 4.78 is 22.4. The molecule has 8 heterocycles. The van der Waals surface area contributed by atoms with Gasteiger partial charge in [-0.05, 0) is 32.9 Å². The summed E-state index contributed by atoms with van der Waals surface area (Å²) in [5.74, 6) is 1.33. The first kappa shape index (κ1) is 31.4. The van der Waals surface area contributed by atoms with Gasteiger partial charge in [0.05, 0.1) is 26.6 Å². The second kappa shape index (κ2) is 12.4. The zero-order chi connectivity index (χ0) is 30.8. The Bertz CT molecular complexity index is 2450. The van der Waals surface area contributed by atoms with Crippen molar-refractivity contribution in [3.63, 3.8) is 0 Å². The standard InChI is InChI=1S/2C17H11N5O.2Pt/c2*1-20-7-8-22(11-20)17-16-13(9-23-17)12-3-2-4-14(15(12)19-16)21-6-5-18-10-21;;/h2*2-9H,1H3;;/q2*-2;;. The molecule has 0 aliphatic rings. The molecule has 2 aromatic carbocycles. The van der Waals surface area contributed by atoms with Crippen LogP contribution in [0, 0.1) is 25.3 Å². The molecule has 8 aromatic heterocycles. The number of nitrogens with zero attached hydrogens (tertiary/aromatic N) is 10. The van der Waals surface area contributed by atoms with Crippen molar-refractivity contribution in [1.82, 2.24) is 38.2 Å². The number of aromatic nitrogens is 10. The minimum Gasteiger partial charge on any atom is -0.665 e. The molecule has 244 valence electrons. The molecule has 0 radical (unpaired) electrons. The molecule has 0 bridgehead atoms. The number of benzene rings is 2. The Morgan fingerprint density at radius 3 is 1.42 bits per heavy atom. The molecule has 10 rings (SSSR count). The molecular weight excluding hydrogens is 971 g/mol. The summed E-state index contributed by atoms with van der Waals surface area (Å²) in [7, 11) is 3.83. The van der Waals surface area contributed by atoms with Gasteiger partial charge in [0.25, 0.3) is 0 Å². The first-order chi connectivity index (χ1) is 22.6. The Kier molecular flexibility index (Phi) is 8.15. The van der Waals surface area contributed by atoms with Crippen LogP contribution in [-0.2, 0) is 56.2 Å². The van der Waals surface area contributed by atoms with E-state index in [9.17, 15) is 0 Å². The summed E-state index contributed by atoms with van der Waals surface area (Å²) in [5, 5.41) is 4.07. The maximum absolute atomic E-state index is 5.72. The average Bonchev–Trinajstić information content (AvgIpc) is 3.88. The fourth-order valence-corrected chi connectivity index (χ4v) is 5.73. The van der Waals surface area contributed by atoms with E-state index in [1.54, 1.807) is 34.1 Å². The van der Waals surface area contributed by atoms with Crippen LogP contribution in [-0.4, -0.2) is 28.2 Å². The number of aryl methyl sites for hydroxylation is 2. The van der Waals surface area contributed by atoms with Gasteiger partial charge in [-0.2, -0.15) is 0 Å². The van der Waals surface area contributed by atoms with E-state index < -0.39 is 0 Å². The van der Waals surface area contributed by atoms with Gasteiger partial charge in [-0.1, -0.05) is 72.2 Å². The van der Waals surface area contributed by atoms with E-state index >= 15 is 0 Å². The molecule has 0 atom stereocenters. The normalized spacial score (nSPS) is 11.2. The van der Waals surface area contributed by atoms with Gasteiger partial charge < -0.3 is 47.0 Å². The fraction of sp³-hybridized carbons (Fsp3) is 0.0588. The Balaban J connectivity index is 0.000000146. The first-order valence-corrected chi connectivity index (χ1v) is 14.3. The smallest absolute Gasteiger partial charge is 0.245 e. The van der Waals surface area contributed by atoms with Crippen molar-refractivity contribution in [1.29, 1.82) is 0 Å². The number of furan rings is 2. The molecule has 0 aliphatic heterocycles. The van der Waals surface area contributed by atoms with Gasteiger partial charge >= 0.3 is 0 Å². The Morgan fingerprint density at radius 2 is 1.04 bits per heavy atom. The second-order valence-electron chi connectivity index (χ2n) is 10.7. The molecule has 0 N–H and O–H groups in total. The molecule has 10 aromatic rings. The maximum Gasteiger partial charge on any atom is 0.245 e. The van der Waals surface area contributed by atoms with E-state index in [1.165, 1.54) is 0 Å². The van der Waals surface area contributed by atoms with E-state index in [0.717, 1.165) is 55.0 Å². The molecule has 12 nitrogen and oxygen atoms in total.